The molecule has 0 saturated carbocycles. The number of hydrogen-bond acceptors (Lipinski definition) is 6. The van der Waals surface area contributed by atoms with Gasteiger partial charge < -0.3 is 19.3 Å². The highest BCUT2D eigenvalue weighted by molar-refractivity contribution is 7.09. The fourth-order valence-electron chi connectivity index (χ4n) is 3.72. The molecule has 0 aliphatic carbocycles. The minimum atomic E-state index is -1.48. The number of pyridine rings is 1. The smallest absolute Gasteiger partial charge is 0.410 e. The third-order valence-corrected chi connectivity index (χ3v) is 6.36. The topological polar surface area (TPSA) is 102 Å². The zero-order valence-electron chi connectivity index (χ0n) is 19.3. The molecular weight excluding hydrogens is 492 g/mol. The number of thiazole rings is 1. The highest BCUT2D eigenvalue weighted by Gasteiger charge is 2.24. The Bertz CT molecular complexity index is 1520. The summed E-state index contributed by atoms with van der Waals surface area (Å²) >= 11 is 1.11. The van der Waals surface area contributed by atoms with Crippen LogP contribution in [0.15, 0.2) is 52.8 Å². The van der Waals surface area contributed by atoms with Gasteiger partial charge in [-0.25, -0.2) is 23.4 Å². The number of aromatic carboxylic acids is 1. The number of carboxylic acids is 1. The van der Waals surface area contributed by atoms with Gasteiger partial charge in [-0.1, -0.05) is 30.3 Å². The summed E-state index contributed by atoms with van der Waals surface area (Å²) in [6, 6.07) is 10.0. The Kier molecular flexibility index (Phi) is 7.11. The van der Waals surface area contributed by atoms with Crippen molar-refractivity contribution in [1.82, 2.24) is 14.5 Å². The summed E-state index contributed by atoms with van der Waals surface area (Å²) in [6.07, 6.45) is 0.458. The highest BCUT2D eigenvalue weighted by Crippen LogP contribution is 2.32. The molecule has 2 heterocycles. The Morgan fingerprint density at radius 2 is 1.94 bits per heavy atom. The lowest BCUT2D eigenvalue weighted by Gasteiger charge is -2.15. The average Bonchev–Trinajstić information content (AvgIpc) is 3.31. The van der Waals surface area contributed by atoms with Gasteiger partial charge >= 0.3 is 12.1 Å². The summed E-state index contributed by atoms with van der Waals surface area (Å²) in [5, 5.41) is 10.8. The molecule has 0 radical (unpaired) electrons. The molecular formula is C25H21F2N3O5S. The van der Waals surface area contributed by atoms with Crippen molar-refractivity contribution in [3.05, 3.63) is 86.0 Å². The van der Waals surface area contributed by atoms with E-state index in [1.165, 1.54) is 21.9 Å². The summed E-state index contributed by atoms with van der Waals surface area (Å²) in [5.74, 6) is -3.55. The summed E-state index contributed by atoms with van der Waals surface area (Å²) in [7, 11) is 1.52. The molecule has 0 bridgehead atoms. The fraction of sp³-hybridized carbons (Fsp3) is 0.200. The number of aryl methyl sites for hydroxylation is 1. The van der Waals surface area contributed by atoms with Gasteiger partial charge in [-0.3, -0.25) is 4.79 Å². The van der Waals surface area contributed by atoms with Crippen LogP contribution >= 0.6 is 11.3 Å². The minimum absolute atomic E-state index is 0.00429. The van der Waals surface area contributed by atoms with Gasteiger partial charge in [0.25, 0.3) is 0 Å². The van der Waals surface area contributed by atoms with Crippen molar-refractivity contribution in [3.63, 3.8) is 0 Å². The molecule has 0 atom stereocenters. The number of amides is 1. The number of halogens is 2. The van der Waals surface area contributed by atoms with E-state index in [4.69, 9.17) is 4.74 Å². The Balaban J connectivity index is 1.61. The molecule has 4 aromatic rings. The van der Waals surface area contributed by atoms with Gasteiger partial charge in [0, 0.05) is 25.2 Å². The third kappa shape index (κ3) is 4.82. The zero-order chi connectivity index (χ0) is 26.0. The highest BCUT2D eigenvalue weighted by atomic mass is 32.1. The second-order valence-electron chi connectivity index (χ2n) is 7.93. The lowest BCUT2D eigenvalue weighted by Crippen LogP contribution is -2.26. The summed E-state index contributed by atoms with van der Waals surface area (Å²) < 4.78 is 37.1. The lowest BCUT2D eigenvalue weighted by atomic mass is 10.0. The number of fused-ring (bicyclic) bond motifs is 1. The predicted molar refractivity (Wildman–Crippen MR) is 130 cm³/mol. The molecule has 36 heavy (non-hydrogen) atoms. The number of rotatable bonds is 7. The molecule has 4 rings (SSSR count). The lowest BCUT2D eigenvalue weighted by molar-refractivity contribution is 0.0694. The first kappa shape index (κ1) is 25.0. The molecule has 186 valence electrons. The standard InChI is InChI=1S/C25H21F2N3O5S/c1-3-30-10-16(24(32)33)23(31)15-9-17(26)20(21(27)22(15)30)18-13-36-19(28-18)11-29(2)25(34)35-12-14-7-5-4-6-8-14/h4-10,13H,3,11-12H2,1-2H3,(H,32,33). The number of ether oxygens (including phenoxy) is 1. The molecule has 2 aromatic carbocycles. The van der Waals surface area contributed by atoms with Crippen molar-refractivity contribution in [2.75, 3.05) is 7.05 Å². The molecule has 8 nitrogen and oxygen atoms in total. The quantitative estimate of drug-likeness (QED) is 0.378. The number of nitrogens with zero attached hydrogens (tertiary/aromatic N) is 3. The van der Waals surface area contributed by atoms with Crippen LogP contribution in [0.3, 0.4) is 0 Å². The van der Waals surface area contributed by atoms with E-state index in [9.17, 15) is 19.5 Å². The van der Waals surface area contributed by atoms with Crippen LogP contribution < -0.4 is 5.43 Å². The van der Waals surface area contributed by atoms with Gasteiger partial charge in [-0.15, -0.1) is 11.3 Å². The number of carboxylic acid groups (broad SMARTS) is 1. The van der Waals surface area contributed by atoms with Crippen molar-refractivity contribution in [1.29, 1.82) is 0 Å². The first-order valence-electron chi connectivity index (χ1n) is 10.9. The van der Waals surface area contributed by atoms with Crippen molar-refractivity contribution in [2.24, 2.45) is 0 Å². The maximum absolute atomic E-state index is 15.6. The Labute approximate surface area is 208 Å². The molecule has 0 aliphatic rings. The van der Waals surface area contributed by atoms with E-state index in [1.54, 1.807) is 6.92 Å². The number of carbonyl (C=O) groups is 2. The normalized spacial score (nSPS) is 11.0. The van der Waals surface area contributed by atoms with E-state index in [2.05, 4.69) is 4.98 Å². The predicted octanol–water partition coefficient (Wildman–Crippen LogP) is 4.89. The van der Waals surface area contributed by atoms with Crippen molar-refractivity contribution >= 4 is 34.3 Å². The molecule has 1 N–H and O–H groups in total. The average molecular weight is 514 g/mol. The SMILES string of the molecule is CCn1cc(C(=O)O)c(=O)c2cc(F)c(-c3csc(CN(C)C(=O)OCc4ccccc4)n3)c(F)c21. The maximum atomic E-state index is 15.6. The van der Waals surface area contributed by atoms with E-state index < -0.39 is 40.3 Å². The van der Waals surface area contributed by atoms with Gasteiger partial charge in [0.1, 0.15) is 23.0 Å². The van der Waals surface area contributed by atoms with E-state index >= 15 is 8.78 Å². The molecule has 0 aliphatic heterocycles. The summed E-state index contributed by atoms with van der Waals surface area (Å²) in [6.45, 7) is 1.95. The van der Waals surface area contributed by atoms with Crippen LogP contribution in [0, 0.1) is 11.6 Å². The van der Waals surface area contributed by atoms with Crippen LogP contribution in [0.25, 0.3) is 22.2 Å². The number of benzene rings is 2. The number of carbonyl (C=O) groups excluding carboxylic acids is 1. The summed E-state index contributed by atoms with van der Waals surface area (Å²) in [4.78, 5) is 41.8. The van der Waals surface area contributed by atoms with Gasteiger partial charge in [-0.05, 0) is 18.6 Å². The molecule has 2 aromatic heterocycles. The van der Waals surface area contributed by atoms with Crippen molar-refractivity contribution in [2.45, 2.75) is 26.6 Å². The maximum Gasteiger partial charge on any atom is 0.410 e. The van der Waals surface area contributed by atoms with Crippen LogP contribution in [-0.4, -0.2) is 38.7 Å². The zero-order valence-corrected chi connectivity index (χ0v) is 20.1. The van der Waals surface area contributed by atoms with Gasteiger partial charge in [0.05, 0.1) is 28.7 Å². The van der Waals surface area contributed by atoms with Crippen LogP contribution in [0.1, 0.15) is 27.9 Å². The monoisotopic (exact) mass is 513 g/mol. The Morgan fingerprint density at radius 1 is 1.22 bits per heavy atom. The van der Waals surface area contributed by atoms with E-state index in [1.807, 2.05) is 30.3 Å². The minimum Gasteiger partial charge on any atom is -0.477 e. The molecule has 1 amide bonds. The van der Waals surface area contributed by atoms with Crippen LogP contribution in [0.5, 0.6) is 0 Å². The van der Waals surface area contributed by atoms with Gasteiger partial charge in [0.15, 0.2) is 5.82 Å². The number of hydrogen-bond donors (Lipinski definition) is 1. The van der Waals surface area contributed by atoms with E-state index in [0.717, 1.165) is 29.2 Å². The van der Waals surface area contributed by atoms with E-state index in [-0.39, 0.29) is 36.3 Å². The first-order valence-corrected chi connectivity index (χ1v) is 11.7. The second kappa shape index (κ2) is 10.2. The fourth-order valence-corrected chi connectivity index (χ4v) is 4.56. The number of aromatic nitrogens is 2. The first-order chi connectivity index (χ1) is 17.2. The van der Waals surface area contributed by atoms with Crippen molar-refractivity contribution in [3.8, 4) is 11.3 Å². The van der Waals surface area contributed by atoms with Crippen molar-refractivity contribution < 1.29 is 28.2 Å². The van der Waals surface area contributed by atoms with Crippen LogP contribution in [-0.2, 0) is 24.4 Å². The third-order valence-electron chi connectivity index (χ3n) is 5.52. The van der Waals surface area contributed by atoms with Crippen LogP contribution in [0.4, 0.5) is 13.6 Å². The molecule has 0 saturated heterocycles. The molecule has 0 fully saturated rings. The summed E-state index contributed by atoms with van der Waals surface area (Å²) in [5.41, 5.74) is -1.37. The molecule has 0 unspecified atom stereocenters. The Morgan fingerprint density at radius 3 is 2.61 bits per heavy atom. The van der Waals surface area contributed by atoms with Gasteiger partial charge in [-0.2, -0.15) is 0 Å². The Hall–Kier alpha value is -4.12. The van der Waals surface area contributed by atoms with Gasteiger partial charge in [0.2, 0.25) is 5.43 Å². The molecule has 11 heteroatoms. The second-order valence-corrected chi connectivity index (χ2v) is 8.87. The largest absolute Gasteiger partial charge is 0.477 e. The molecule has 0 spiro atoms. The van der Waals surface area contributed by atoms with Crippen LogP contribution in [0.2, 0.25) is 0 Å². The van der Waals surface area contributed by atoms with E-state index in [0.29, 0.717) is 5.01 Å².